The summed E-state index contributed by atoms with van der Waals surface area (Å²) in [6, 6.07) is 0. The quantitative estimate of drug-likeness (QED) is 0.514. The predicted molar refractivity (Wildman–Crippen MR) is 82.5 cm³/mol. The normalized spacial score (nSPS) is 31.9. The molecule has 3 saturated carbocycles. The van der Waals surface area contributed by atoms with E-state index in [0.717, 1.165) is 25.2 Å². The van der Waals surface area contributed by atoms with Crippen molar-refractivity contribution < 1.29 is 9.53 Å². The van der Waals surface area contributed by atoms with Crippen LogP contribution in [-0.2, 0) is 9.53 Å². The van der Waals surface area contributed by atoms with Crippen molar-refractivity contribution in [2.45, 2.75) is 89.6 Å². The van der Waals surface area contributed by atoms with Crippen molar-refractivity contribution in [1.82, 2.24) is 0 Å². The maximum atomic E-state index is 11.9. The molecule has 3 fully saturated rings. The highest BCUT2D eigenvalue weighted by Crippen LogP contribution is 2.41. The van der Waals surface area contributed by atoms with Crippen molar-refractivity contribution in [3.05, 3.63) is 12.2 Å². The van der Waals surface area contributed by atoms with Crippen molar-refractivity contribution in [2.75, 3.05) is 0 Å². The van der Waals surface area contributed by atoms with Gasteiger partial charge in [0.1, 0.15) is 5.60 Å². The van der Waals surface area contributed by atoms with Crippen molar-refractivity contribution in [2.24, 2.45) is 5.92 Å². The van der Waals surface area contributed by atoms with Crippen LogP contribution in [0.4, 0.5) is 0 Å². The van der Waals surface area contributed by atoms with E-state index >= 15 is 0 Å². The Bertz CT molecular complexity index is 332. The van der Waals surface area contributed by atoms with E-state index in [2.05, 4.69) is 6.58 Å². The standard InChI is InChI=1S/C18H30O2/c1-15(2)17(19)20-18-12-8-6-4-3-5-7-9-16(10-13-18)11-14-18/h16H,1,3-14H2,2H3. The molecule has 2 nitrogen and oxygen atoms in total. The van der Waals surface area contributed by atoms with Gasteiger partial charge >= 0.3 is 5.97 Å². The molecule has 0 atom stereocenters. The minimum absolute atomic E-state index is 0.175. The molecule has 0 saturated heterocycles. The van der Waals surface area contributed by atoms with Crippen molar-refractivity contribution >= 4 is 5.97 Å². The van der Waals surface area contributed by atoms with E-state index in [-0.39, 0.29) is 11.6 Å². The van der Waals surface area contributed by atoms with Gasteiger partial charge in [-0.15, -0.1) is 0 Å². The molecule has 0 radical (unpaired) electrons. The molecule has 0 unspecified atom stereocenters. The van der Waals surface area contributed by atoms with Crippen molar-refractivity contribution in [3.8, 4) is 0 Å². The molecule has 114 valence electrons. The van der Waals surface area contributed by atoms with Crippen LogP contribution in [0.5, 0.6) is 0 Å². The zero-order valence-electron chi connectivity index (χ0n) is 13.1. The molecular formula is C18H30O2. The van der Waals surface area contributed by atoms with Gasteiger partial charge < -0.3 is 4.74 Å². The first-order valence-corrected chi connectivity index (χ1v) is 8.50. The lowest BCUT2D eigenvalue weighted by molar-refractivity contribution is -0.160. The predicted octanol–water partition coefficient (Wildman–Crippen LogP) is 5.17. The van der Waals surface area contributed by atoms with Crippen molar-refractivity contribution in [1.29, 1.82) is 0 Å². The highest BCUT2D eigenvalue weighted by Gasteiger charge is 2.38. The fraction of sp³-hybridized carbons (Fsp3) is 0.833. The van der Waals surface area contributed by atoms with Gasteiger partial charge in [0.15, 0.2) is 0 Å². The van der Waals surface area contributed by atoms with Gasteiger partial charge in [0.25, 0.3) is 0 Å². The summed E-state index contributed by atoms with van der Waals surface area (Å²) in [6.07, 6.45) is 15.1. The lowest BCUT2D eigenvalue weighted by Gasteiger charge is -2.40. The second-order valence-electron chi connectivity index (χ2n) is 6.96. The summed E-state index contributed by atoms with van der Waals surface area (Å²) >= 11 is 0. The molecular weight excluding hydrogens is 248 g/mol. The van der Waals surface area contributed by atoms with E-state index in [1.165, 1.54) is 57.8 Å². The number of carbonyl (C=O) groups excluding carboxylic acids is 1. The monoisotopic (exact) mass is 278 g/mol. The highest BCUT2D eigenvalue weighted by molar-refractivity contribution is 5.87. The largest absolute Gasteiger partial charge is 0.456 e. The van der Waals surface area contributed by atoms with Crippen LogP contribution in [0.2, 0.25) is 0 Å². The third-order valence-corrected chi connectivity index (χ3v) is 5.17. The number of fused-ring (bicyclic) bond motifs is 9. The molecule has 3 aliphatic carbocycles. The summed E-state index contributed by atoms with van der Waals surface area (Å²) in [6.45, 7) is 5.48. The summed E-state index contributed by atoms with van der Waals surface area (Å²) in [5.41, 5.74) is 0.360. The van der Waals surface area contributed by atoms with E-state index in [0.29, 0.717) is 5.57 Å². The smallest absolute Gasteiger partial charge is 0.333 e. The van der Waals surface area contributed by atoms with Gasteiger partial charge in [0.05, 0.1) is 0 Å². The van der Waals surface area contributed by atoms with Gasteiger partial charge in [-0.05, 0) is 51.4 Å². The van der Waals surface area contributed by atoms with Gasteiger partial charge in [0, 0.05) is 5.57 Å². The molecule has 2 bridgehead atoms. The fourth-order valence-corrected chi connectivity index (χ4v) is 3.77. The van der Waals surface area contributed by atoms with E-state index < -0.39 is 0 Å². The van der Waals surface area contributed by atoms with Crippen LogP contribution in [-0.4, -0.2) is 11.6 Å². The minimum atomic E-state index is -0.185. The minimum Gasteiger partial charge on any atom is -0.456 e. The molecule has 2 heteroatoms. The number of hydrogen-bond donors (Lipinski definition) is 0. The molecule has 20 heavy (non-hydrogen) atoms. The van der Waals surface area contributed by atoms with Gasteiger partial charge in [0.2, 0.25) is 0 Å². The van der Waals surface area contributed by atoms with Crippen LogP contribution in [0.3, 0.4) is 0 Å². The topological polar surface area (TPSA) is 26.3 Å². The van der Waals surface area contributed by atoms with Crippen molar-refractivity contribution in [3.63, 3.8) is 0 Å². The molecule has 3 aliphatic rings. The lowest BCUT2D eigenvalue weighted by Crippen LogP contribution is -2.39. The molecule has 0 aliphatic heterocycles. The van der Waals surface area contributed by atoms with Gasteiger partial charge in [-0.1, -0.05) is 45.1 Å². The Morgan fingerprint density at radius 3 is 2.20 bits per heavy atom. The average molecular weight is 278 g/mol. The summed E-state index contributed by atoms with van der Waals surface area (Å²) in [7, 11) is 0. The molecule has 0 spiro atoms. The van der Waals surface area contributed by atoms with E-state index in [1.807, 2.05) is 0 Å². The molecule has 0 N–H and O–H groups in total. The Kier molecular flexibility index (Phi) is 5.68. The van der Waals surface area contributed by atoms with Crippen LogP contribution in [0.25, 0.3) is 0 Å². The summed E-state index contributed by atoms with van der Waals surface area (Å²) in [4.78, 5) is 11.9. The van der Waals surface area contributed by atoms with Crippen LogP contribution in [0.1, 0.15) is 84.0 Å². The van der Waals surface area contributed by atoms with Crippen LogP contribution < -0.4 is 0 Å². The first kappa shape index (κ1) is 15.6. The zero-order chi connectivity index (χ0) is 14.4. The summed E-state index contributed by atoms with van der Waals surface area (Å²) < 4.78 is 5.89. The first-order chi connectivity index (χ1) is 9.61. The zero-order valence-corrected chi connectivity index (χ0v) is 13.1. The second kappa shape index (κ2) is 7.28. The Morgan fingerprint density at radius 1 is 0.950 bits per heavy atom. The SMILES string of the molecule is C=C(C)C(=O)OC12CCCCCCCCC(CC1)CC2. The Hall–Kier alpha value is -0.790. The number of rotatable bonds is 2. The Morgan fingerprint density at radius 2 is 1.55 bits per heavy atom. The Balaban J connectivity index is 2.00. The highest BCUT2D eigenvalue weighted by atomic mass is 16.6. The second-order valence-corrected chi connectivity index (χ2v) is 6.96. The van der Waals surface area contributed by atoms with E-state index in [1.54, 1.807) is 6.92 Å². The Labute approximate surface area is 124 Å². The maximum Gasteiger partial charge on any atom is 0.333 e. The third kappa shape index (κ3) is 4.36. The molecule has 0 aromatic rings. The van der Waals surface area contributed by atoms with Crippen LogP contribution >= 0.6 is 0 Å². The third-order valence-electron chi connectivity index (χ3n) is 5.17. The number of hydrogen-bond acceptors (Lipinski definition) is 2. The number of esters is 1. The summed E-state index contributed by atoms with van der Waals surface area (Å²) in [5.74, 6) is 0.682. The number of ether oxygens (including phenoxy) is 1. The molecule has 0 heterocycles. The van der Waals surface area contributed by atoms with Gasteiger partial charge in [-0.2, -0.15) is 0 Å². The van der Waals surface area contributed by atoms with Crippen LogP contribution in [0, 0.1) is 5.92 Å². The maximum absolute atomic E-state index is 11.9. The summed E-state index contributed by atoms with van der Waals surface area (Å²) in [5, 5.41) is 0. The average Bonchev–Trinajstić information content (AvgIpc) is 2.41. The van der Waals surface area contributed by atoms with E-state index in [9.17, 15) is 4.79 Å². The molecule has 0 amide bonds. The molecule has 3 rings (SSSR count). The molecule has 0 aromatic carbocycles. The molecule has 0 aromatic heterocycles. The number of carbonyl (C=O) groups is 1. The lowest BCUT2D eigenvalue weighted by atomic mass is 9.74. The van der Waals surface area contributed by atoms with E-state index in [4.69, 9.17) is 4.74 Å². The van der Waals surface area contributed by atoms with Gasteiger partial charge in [-0.3, -0.25) is 0 Å². The van der Waals surface area contributed by atoms with Crippen LogP contribution in [0.15, 0.2) is 12.2 Å². The van der Waals surface area contributed by atoms with Gasteiger partial charge in [-0.25, -0.2) is 4.79 Å². The fourth-order valence-electron chi connectivity index (χ4n) is 3.77. The first-order valence-electron chi connectivity index (χ1n) is 8.50.